The summed E-state index contributed by atoms with van der Waals surface area (Å²) in [7, 11) is -3.56. The van der Waals surface area contributed by atoms with Gasteiger partial charge in [0.25, 0.3) is 10.0 Å². The van der Waals surface area contributed by atoms with Gasteiger partial charge in [-0.15, -0.1) is 11.3 Å². The fourth-order valence-electron chi connectivity index (χ4n) is 2.50. The number of sulfonamides is 1. The molecule has 2 rings (SSSR count). The molecular weight excluding hydrogens is 286 g/mol. The van der Waals surface area contributed by atoms with Crippen molar-refractivity contribution in [3.8, 4) is 0 Å². The highest BCUT2D eigenvalue weighted by Crippen LogP contribution is 2.31. The Morgan fingerprint density at radius 2 is 2.11 bits per heavy atom. The predicted molar refractivity (Wildman–Crippen MR) is 73.1 cm³/mol. The minimum Gasteiger partial charge on any atom is -0.478 e. The van der Waals surface area contributed by atoms with Crippen LogP contribution in [0.25, 0.3) is 0 Å². The maximum Gasteiger partial charge on any atom is 0.336 e. The van der Waals surface area contributed by atoms with Crippen molar-refractivity contribution >= 4 is 27.3 Å². The number of aromatic carboxylic acids is 1. The number of thiophene rings is 1. The van der Waals surface area contributed by atoms with Crippen LogP contribution in [0.2, 0.25) is 0 Å². The van der Waals surface area contributed by atoms with Crippen LogP contribution in [0.15, 0.2) is 15.7 Å². The molecule has 0 aliphatic heterocycles. The lowest BCUT2D eigenvalue weighted by atomic mass is 10.2. The van der Waals surface area contributed by atoms with Gasteiger partial charge in [-0.05, 0) is 18.9 Å². The fraction of sp³-hybridized carbons (Fsp3) is 0.583. The second-order valence-electron chi connectivity index (χ2n) is 4.61. The number of carboxylic acid groups (broad SMARTS) is 1. The average Bonchev–Trinajstić information content (AvgIpc) is 3.00. The van der Waals surface area contributed by atoms with E-state index in [0.717, 1.165) is 37.0 Å². The number of carboxylic acids is 1. The molecule has 0 radical (unpaired) electrons. The molecule has 1 saturated carbocycles. The van der Waals surface area contributed by atoms with E-state index in [1.807, 2.05) is 6.92 Å². The van der Waals surface area contributed by atoms with Crippen molar-refractivity contribution in [3.05, 3.63) is 17.0 Å². The SMILES string of the molecule is CCN(C1CCCC1)S(=O)(=O)c1cc(C(=O)O)cs1. The number of rotatable bonds is 5. The topological polar surface area (TPSA) is 74.7 Å². The van der Waals surface area contributed by atoms with E-state index in [1.165, 1.54) is 15.8 Å². The minimum atomic E-state index is -3.56. The second kappa shape index (κ2) is 5.60. The number of hydrogen-bond acceptors (Lipinski definition) is 4. The lowest BCUT2D eigenvalue weighted by Crippen LogP contribution is -2.38. The zero-order chi connectivity index (χ0) is 14.0. The minimum absolute atomic E-state index is 0.0334. The molecule has 1 aliphatic carbocycles. The maximum absolute atomic E-state index is 12.5. The van der Waals surface area contributed by atoms with Crippen molar-refractivity contribution in [2.45, 2.75) is 42.9 Å². The van der Waals surface area contributed by atoms with Gasteiger partial charge in [0, 0.05) is 18.0 Å². The molecule has 1 aromatic heterocycles. The summed E-state index contributed by atoms with van der Waals surface area (Å²) in [6.07, 6.45) is 3.90. The van der Waals surface area contributed by atoms with Crippen LogP contribution in [0.5, 0.6) is 0 Å². The summed E-state index contributed by atoms with van der Waals surface area (Å²) in [5.74, 6) is -1.10. The van der Waals surface area contributed by atoms with E-state index in [2.05, 4.69) is 0 Å². The van der Waals surface area contributed by atoms with Crippen molar-refractivity contribution in [1.82, 2.24) is 4.31 Å². The molecule has 19 heavy (non-hydrogen) atoms. The second-order valence-corrected chi connectivity index (χ2v) is 7.63. The Morgan fingerprint density at radius 3 is 2.58 bits per heavy atom. The van der Waals surface area contributed by atoms with E-state index < -0.39 is 16.0 Å². The van der Waals surface area contributed by atoms with Crippen LogP contribution in [-0.2, 0) is 10.0 Å². The molecule has 1 fully saturated rings. The third kappa shape index (κ3) is 2.82. The molecule has 1 aromatic rings. The number of nitrogens with zero attached hydrogens (tertiary/aromatic N) is 1. The third-order valence-electron chi connectivity index (χ3n) is 3.43. The van der Waals surface area contributed by atoms with Gasteiger partial charge in [-0.25, -0.2) is 13.2 Å². The molecule has 0 atom stereocenters. The third-order valence-corrected chi connectivity index (χ3v) is 6.87. The molecule has 0 aromatic carbocycles. The highest BCUT2D eigenvalue weighted by atomic mass is 32.2. The lowest BCUT2D eigenvalue weighted by Gasteiger charge is -2.25. The Balaban J connectivity index is 2.30. The fourth-order valence-corrected chi connectivity index (χ4v) is 5.47. The number of hydrogen-bond donors (Lipinski definition) is 1. The molecular formula is C12H17NO4S2. The quantitative estimate of drug-likeness (QED) is 0.906. The van der Waals surface area contributed by atoms with E-state index in [-0.39, 0.29) is 15.8 Å². The molecule has 7 heteroatoms. The van der Waals surface area contributed by atoms with Crippen LogP contribution in [-0.4, -0.2) is 36.4 Å². The molecule has 106 valence electrons. The largest absolute Gasteiger partial charge is 0.478 e. The van der Waals surface area contributed by atoms with Crippen LogP contribution in [0, 0.1) is 0 Å². The van der Waals surface area contributed by atoms with Gasteiger partial charge < -0.3 is 5.11 Å². The zero-order valence-corrected chi connectivity index (χ0v) is 12.3. The first-order valence-corrected chi connectivity index (χ1v) is 8.62. The van der Waals surface area contributed by atoms with E-state index in [9.17, 15) is 13.2 Å². The molecule has 0 bridgehead atoms. The lowest BCUT2D eigenvalue weighted by molar-refractivity contribution is 0.0697. The summed E-state index contributed by atoms with van der Waals surface area (Å²) in [6, 6.07) is 1.31. The first-order valence-electron chi connectivity index (χ1n) is 6.30. The monoisotopic (exact) mass is 303 g/mol. The van der Waals surface area contributed by atoms with Crippen molar-refractivity contribution in [1.29, 1.82) is 0 Å². The summed E-state index contributed by atoms with van der Waals surface area (Å²) < 4.78 is 26.7. The van der Waals surface area contributed by atoms with Crippen LogP contribution >= 0.6 is 11.3 Å². The van der Waals surface area contributed by atoms with Gasteiger partial charge >= 0.3 is 5.97 Å². The summed E-state index contributed by atoms with van der Waals surface area (Å²) in [5, 5.41) is 10.2. The molecule has 1 heterocycles. The van der Waals surface area contributed by atoms with E-state index in [0.29, 0.717) is 6.54 Å². The normalized spacial score (nSPS) is 17.2. The molecule has 0 spiro atoms. The molecule has 1 aliphatic rings. The molecule has 1 N–H and O–H groups in total. The summed E-state index contributed by atoms with van der Waals surface area (Å²) >= 11 is 0.977. The Hall–Kier alpha value is -0.920. The van der Waals surface area contributed by atoms with Crippen molar-refractivity contribution in [2.75, 3.05) is 6.54 Å². The molecule has 0 amide bonds. The van der Waals surface area contributed by atoms with E-state index in [1.54, 1.807) is 0 Å². The van der Waals surface area contributed by atoms with Gasteiger partial charge in [0.05, 0.1) is 5.56 Å². The summed E-state index contributed by atoms with van der Waals surface area (Å²) in [6.45, 7) is 2.24. The summed E-state index contributed by atoms with van der Waals surface area (Å²) in [4.78, 5) is 10.8. The van der Waals surface area contributed by atoms with Gasteiger partial charge in [0.15, 0.2) is 0 Å². The van der Waals surface area contributed by atoms with Crippen LogP contribution in [0.4, 0.5) is 0 Å². The van der Waals surface area contributed by atoms with Gasteiger partial charge in [-0.3, -0.25) is 0 Å². The molecule has 5 nitrogen and oxygen atoms in total. The summed E-state index contributed by atoms with van der Waals surface area (Å²) in [5.41, 5.74) is 0.0334. The molecule has 0 unspecified atom stereocenters. The highest BCUT2D eigenvalue weighted by molar-refractivity contribution is 7.91. The van der Waals surface area contributed by atoms with Gasteiger partial charge in [-0.1, -0.05) is 19.8 Å². The van der Waals surface area contributed by atoms with Gasteiger partial charge in [-0.2, -0.15) is 4.31 Å². The first-order chi connectivity index (χ1) is 8.96. The number of carbonyl (C=O) groups is 1. The van der Waals surface area contributed by atoms with Crippen molar-refractivity contribution in [2.24, 2.45) is 0 Å². The highest BCUT2D eigenvalue weighted by Gasteiger charge is 2.33. The predicted octanol–water partition coefficient (Wildman–Crippen LogP) is 2.40. The Labute approximate surface area is 116 Å². The Kier molecular flexibility index (Phi) is 4.27. The van der Waals surface area contributed by atoms with Gasteiger partial charge in [0.2, 0.25) is 0 Å². The van der Waals surface area contributed by atoms with Crippen LogP contribution in [0.3, 0.4) is 0 Å². The van der Waals surface area contributed by atoms with Crippen molar-refractivity contribution in [3.63, 3.8) is 0 Å². The van der Waals surface area contributed by atoms with Crippen LogP contribution in [0.1, 0.15) is 43.0 Å². The average molecular weight is 303 g/mol. The van der Waals surface area contributed by atoms with Crippen LogP contribution < -0.4 is 0 Å². The zero-order valence-electron chi connectivity index (χ0n) is 10.7. The maximum atomic E-state index is 12.5. The Morgan fingerprint density at radius 1 is 1.47 bits per heavy atom. The van der Waals surface area contributed by atoms with Crippen molar-refractivity contribution < 1.29 is 18.3 Å². The van der Waals surface area contributed by atoms with E-state index in [4.69, 9.17) is 5.11 Å². The Bertz CT molecular complexity index is 558. The van der Waals surface area contributed by atoms with Gasteiger partial charge in [0.1, 0.15) is 4.21 Å². The van der Waals surface area contributed by atoms with E-state index >= 15 is 0 Å². The molecule has 0 saturated heterocycles. The first kappa shape index (κ1) is 14.5. The standard InChI is InChI=1S/C12H17NO4S2/c1-2-13(10-5-3-4-6-10)19(16,17)11-7-9(8-18-11)12(14)15/h7-8,10H,2-6H2,1H3,(H,14,15). The smallest absolute Gasteiger partial charge is 0.336 e.